The average Bonchev–Trinajstić information content (AvgIpc) is 2.54. The molecule has 2 nitrogen and oxygen atoms in total. The van der Waals surface area contributed by atoms with E-state index in [1.807, 2.05) is 21.6 Å². The van der Waals surface area contributed by atoms with Crippen LogP contribution in [0.15, 0.2) is 0 Å². The first-order valence-corrected chi connectivity index (χ1v) is 18.4. The largest absolute Gasteiger partial charge is 0.381 e. The van der Waals surface area contributed by atoms with Crippen molar-refractivity contribution >= 4 is 39.2 Å². The second-order valence-electron chi connectivity index (χ2n) is 7.29. The number of unbranched alkanes of at least 4 members (excludes halogenated alkanes) is 4. The fraction of sp³-hybridized carbons (Fsp3) is 1.00. The van der Waals surface area contributed by atoms with Gasteiger partial charge in [-0.15, -0.1) is 0 Å². The second kappa shape index (κ2) is 17.5. The Labute approximate surface area is 163 Å². The average molecular weight is 411 g/mol. The van der Waals surface area contributed by atoms with Crippen molar-refractivity contribution in [1.82, 2.24) is 0 Å². The Balaban J connectivity index is 3.92. The summed E-state index contributed by atoms with van der Waals surface area (Å²) in [4.78, 5) is 0. The van der Waals surface area contributed by atoms with Gasteiger partial charge < -0.3 is 9.47 Å². The van der Waals surface area contributed by atoms with Crippen LogP contribution in [0.4, 0.5) is 0 Å². The highest BCUT2D eigenvalue weighted by atomic mass is 33.1. The number of hydrogen-bond acceptors (Lipinski definition) is 4. The maximum atomic E-state index is 6.16. The lowest BCUT2D eigenvalue weighted by atomic mass is 10.3. The molecule has 0 saturated carbocycles. The normalized spacial score (nSPS) is 14.5. The highest BCUT2D eigenvalue weighted by molar-refractivity contribution is 8.76. The van der Waals surface area contributed by atoms with Gasteiger partial charge in [0.05, 0.1) is 29.0 Å². The molecule has 0 spiro atoms. The van der Waals surface area contributed by atoms with Crippen molar-refractivity contribution in [3.8, 4) is 0 Å². The number of ether oxygens (including phenoxy) is 2. The van der Waals surface area contributed by atoms with Crippen LogP contribution in [0.3, 0.4) is 0 Å². The van der Waals surface area contributed by atoms with Gasteiger partial charge in [0.1, 0.15) is 0 Å². The van der Waals surface area contributed by atoms with Crippen LogP contribution >= 0.6 is 21.6 Å². The van der Waals surface area contributed by atoms with Crippen molar-refractivity contribution in [2.75, 3.05) is 24.7 Å². The van der Waals surface area contributed by atoms with E-state index >= 15 is 0 Å². The van der Waals surface area contributed by atoms with E-state index in [4.69, 9.17) is 9.47 Å². The van der Waals surface area contributed by atoms with Crippen LogP contribution < -0.4 is 0 Å². The third kappa shape index (κ3) is 14.2. The molecule has 0 aromatic heterocycles. The van der Waals surface area contributed by atoms with Crippen molar-refractivity contribution in [2.45, 2.75) is 90.0 Å². The van der Waals surface area contributed by atoms with Gasteiger partial charge in [-0.1, -0.05) is 87.3 Å². The predicted octanol–water partition coefficient (Wildman–Crippen LogP) is 5.57. The zero-order valence-corrected chi connectivity index (χ0v) is 21.0. The molecule has 0 N–H and O–H groups in total. The van der Waals surface area contributed by atoms with Gasteiger partial charge in [0.15, 0.2) is 0 Å². The first kappa shape index (κ1) is 25.1. The molecule has 0 fully saturated rings. The molecular weight excluding hydrogens is 369 g/mol. The third-order valence-electron chi connectivity index (χ3n) is 4.19. The molecular formula is C18H42O2S2Si2. The van der Waals surface area contributed by atoms with E-state index in [0.29, 0.717) is 11.5 Å². The van der Waals surface area contributed by atoms with Crippen molar-refractivity contribution in [3.63, 3.8) is 0 Å². The standard InChI is InChI=1S/C18H42O2S2Si2/c1-7-9-11-13-19-17(23(3)4)15-21-22-16-18(24(5)6)20-14-12-10-8-2/h17-18,23-24H,7-16H2,1-6H3. The molecule has 0 heterocycles. The molecule has 2 atom stereocenters. The van der Waals surface area contributed by atoms with E-state index in [0.717, 1.165) is 24.7 Å². The van der Waals surface area contributed by atoms with Crippen molar-refractivity contribution in [3.05, 3.63) is 0 Å². The molecule has 0 aromatic carbocycles. The Kier molecular flexibility index (Phi) is 18.2. The summed E-state index contributed by atoms with van der Waals surface area (Å²) in [5.74, 6) is 2.31. The molecule has 0 radical (unpaired) electrons. The topological polar surface area (TPSA) is 18.5 Å². The van der Waals surface area contributed by atoms with Crippen molar-refractivity contribution in [2.24, 2.45) is 0 Å². The SMILES string of the molecule is CCCCCOC(CSSCC(OCCCCC)[SiH](C)C)[SiH](C)C. The lowest BCUT2D eigenvalue weighted by molar-refractivity contribution is 0.113. The molecule has 24 heavy (non-hydrogen) atoms. The van der Waals surface area contributed by atoms with E-state index in [1.54, 1.807) is 0 Å². The molecule has 6 heteroatoms. The van der Waals surface area contributed by atoms with Gasteiger partial charge in [-0.3, -0.25) is 0 Å². The smallest absolute Gasteiger partial charge is 0.0667 e. The van der Waals surface area contributed by atoms with E-state index in [9.17, 15) is 0 Å². The summed E-state index contributed by atoms with van der Waals surface area (Å²) in [7, 11) is 2.56. The van der Waals surface area contributed by atoms with Gasteiger partial charge in [-0.2, -0.15) is 0 Å². The number of hydrogen-bond donors (Lipinski definition) is 0. The third-order valence-corrected chi connectivity index (χ3v) is 11.1. The first-order valence-electron chi connectivity index (χ1n) is 10.00. The van der Waals surface area contributed by atoms with Crippen LogP contribution in [0.25, 0.3) is 0 Å². The van der Waals surface area contributed by atoms with Gasteiger partial charge in [-0.25, -0.2) is 0 Å². The van der Waals surface area contributed by atoms with Crippen LogP contribution in [0.1, 0.15) is 52.4 Å². The molecule has 0 aliphatic heterocycles. The summed E-state index contributed by atoms with van der Waals surface area (Å²) in [6, 6.07) is 0. The predicted molar refractivity (Wildman–Crippen MR) is 121 cm³/mol. The van der Waals surface area contributed by atoms with E-state index < -0.39 is 17.6 Å². The van der Waals surface area contributed by atoms with Crippen LogP contribution in [0.5, 0.6) is 0 Å². The Bertz CT molecular complexity index is 243. The van der Waals surface area contributed by atoms with Crippen molar-refractivity contribution < 1.29 is 9.47 Å². The lowest BCUT2D eigenvalue weighted by Gasteiger charge is -2.22. The molecule has 0 aromatic rings. The molecule has 0 aliphatic carbocycles. The molecule has 0 amide bonds. The maximum absolute atomic E-state index is 6.16. The molecule has 146 valence electrons. The summed E-state index contributed by atoms with van der Waals surface area (Å²) in [6.07, 6.45) is 7.58. The minimum Gasteiger partial charge on any atom is -0.381 e. The Morgan fingerprint density at radius 3 is 1.33 bits per heavy atom. The summed E-state index contributed by atoms with van der Waals surface area (Å²) < 4.78 is 12.3. The highest BCUT2D eigenvalue weighted by Gasteiger charge is 2.18. The fourth-order valence-corrected chi connectivity index (χ4v) is 9.84. The zero-order chi connectivity index (χ0) is 18.2. The highest BCUT2D eigenvalue weighted by Crippen LogP contribution is 2.26. The molecule has 0 rings (SSSR count). The van der Waals surface area contributed by atoms with Crippen LogP contribution in [0, 0.1) is 0 Å². The molecule has 0 bridgehead atoms. The summed E-state index contributed by atoms with van der Waals surface area (Å²) in [5.41, 5.74) is 1.05. The molecule has 0 saturated heterocycles. The van der Waals surface area contributed by atoms with Crippen molar-refractivity contribution in [1.29, 1.82) is 0 Å². The molecule has 2 unspecified atom stereocenters. The van der Waals surface area contributed by atoms with E-state index in [1.165, 1.54) is 38.5 Å². The maximum Gasteiger partial charge on any atom is 0.0667 e. The monoisotopic (exact) mass is 410 g/mol. The van der Waals surface area contributed by atoms with Gasteiger partial charge in [-0.05, 0) is 12.8 Å². The first-order chi connectivity index (χ1) is 11.5. The second-order valence-corrected chi connectivity index (χ2v) is 16.3. The fourth-order valence-electron chi connectivity index (χ4n) is 2.27. The van der Waals surface area contributed by atoms with Crippen LogP contribution in [0.2, 0.25) is 26.2 Å². The Morgan fingerprint density at radius 1 is 0.667 bits per heavy atom. The van der Waals surface area contributed by atoms with Gasteiger partial charge in [0.2, 0.25) is 0 Å². The van der Waals surface area contributed by atoms with Crippen LogP contribution in [-0.4, -0.2) is 53.8 Å². The van der Waals surface area contributed by atoms with E-state index in [-0.39, 0.29) is 0 Å². The van der Waals surface area contributed by atoms with Gasteiger partial charge in [0.25, 0.3) is 0 Å². The Hall–Kier alpha value is 1.05. The summed E-state index contributed by atoms with van der Waals surface area (Å²) in [5, 5.41) is 0. The number of rotatable bonds is 17. The lowest BCUT2D eigenvalue weighted by Crippen LogP contribution is -2.32. The van der Waals surface area contributed by atoms with Crippen LogP contribution in [-0.2, 0) is 9.47 Å². The minimum atomic E-state index is -0.730. The minimum absolute atomic E-state index is 0.527. The quantitative estimate of drug-likeness (QED) is 0.177. The molecule has 0 aliphatic rings. The van der Waals surface area contributed by atoms with Gasteiger partial charge >= 0.3 is 0 Å². The summed E-state index contributed by atoms with van der Waals surface area (Å²) in [6.45, 7) is 16.1. The zero-order valence-electron chi connectivity index (χ0n) is 17.0. The summed E-state index contributed by atoms with van der Waals surface area (Å²) >= 11 is 0. The Morgan fingerprint density at radius 2 is 1.04 bits per heavy atom. The van der Waals surface area contributed by atoms with Gasteiger partial charge in [0, 0.05) is 24.7 Å². The van der Waals surface area contributed by atoms with E-state index in [2.05, 4.69) is 40.0 Å².